The third-order valence-corrected chi connectivity index (χ3v) is 6.95. The molecule has 0 bridgehead atoms. The molecule has 0 atom stereocenters. The van der Waals surface area contributed by atoms with Crippen molar-refractivity contribution in [3.05, 3.63) is 96.8 Å². The van der Waals surface area contributed by atoms with Gasteiger partial charge in [-0.2, -0.15) is 0 Å². The molecular formula is C21H17N5O3S2. The molecule has 156 valence electrons. The zero-order valence-electron chi connectivity index (χ0n) is 16.4. The Kier molecular flexibility index (Phi) is 4.79. The number of hydrogen-bond donors (Lipinski definition) is 1. The molecular weight excluding hydrogens is 434 g/mol. The Morgan fingerprint density at radius 3 is 2.74 bits per heavy atom. The highest BCUT2D eigenvalue weighted by atomic mass is 32.1. The van der Waals surface area contributed by atoms with Crippen molar-refractivity contribution in [1.82, 2.24) is 23.7 Å². The highest BCUT2D eigenvalue weighted by Gasteiger charge is 2.18. The summed E-state index contributed by atoms with van der Waals surface area (Å²) in [5.41, 5.74) is 1.24. The number of amides is 1. The number of carbonyl (C=O) groups is 1. The molecule has 0 fully saturated rings. The van der Waals surface area contributed by atoms with Gasteiger partial charge in [-0.05, 0) is 12.5 Å². The monoisotopic (exact) mass is 451 g/mol. The Morgan fingerprint density at radius 1 is 1.16 bits per heavy atom. The van der Waals surface area contributed by atoms with E-state index in [4.69, 9.17) is 0 Å². The van der Waals surface area contributed by atoms with Crippen molar-refractivity contribution in [2.24, 2.45) is 0 Å². The van der Waals surface area contributed by atoms with E-state index in [1.54, 1.807) is 6.92 Å². The molecule has 5 aromatic rings. The summed E-state index contributed by atoms with van der Waals surface area (Å²) in [4.78, 5) is 44.6. The smallest absolute Gasteiger partial charge is 0.336 e. The van der Waals surface area contributed by atoms with Crippen LogP contribution in [0, 0.1) is 6.92 Å². The summed E-state index contributed by atoms with van der Waals surface area (Å²) >= 11 is 2.65. The molecule has 0 radical (unpaired) electrons. The van der Waals surface area contributed by atoms with Crippen LogP contribution >= 0.6 is 22.7 Å². The topological polar surface area (TPSA) is 89.9 Å². The van der Waals surface area contributed by atoms with Crippen LogP contribution in [-0.2, 0) is 13.1 Å². The number of nitrogens with zero attached hydrogens (tertiary/aromatic N) is 4. The van der Waals surface area contributed by atoms with Crippen molar-refractivity contribution in [2.45, 2.75) is 20.0 Å². The third-order valence-electron chi connectivity index (χ3n) is 4.98. The van der Waals surface area contributed by atoms with Crippen molar-refractivity contribution < 1.29 is 4.79 Å². The van der Waals surface area contributed by atoms with Crippen molar-refractivity contribution >= 4 is 38.4 Å². The van der Waals surface area contributed by atoms with E-state index in [1.807, 2.05) is 52.5 Å². The first-order valence-electron chi connectivity index (χ1n) is 9.50. The number of carbonyl (C=O) groups excluding carboxylic acids is 1. The molecule has 0 saturated carbocycles. The van der Waals surface area contributed by atoms with Gasteiger partial charge in [-0.25, -0.2) is 9.78 Å². The summed E-state index contributed by atoms with van der Waals surface area (Å²) in [5, 5.41) is 4.78. The molecule has 5 rings (SSSR count). The van der Waals surface area contributed by atoms with Gasteiger partial charge in [0.05, 0.1) is 18.8 Å². The Labute approximate surface area is 183 Å². The summed E-state index contributed by atoms with van der Waals surface area (Å²) in [7, 11) is 0. The van der Waals surface area contributed by atoms with Crippen LogP contribution in [0.2, 0.25) is 0 Å². The molecule has 0 saturated heterocycles. The molecule has 0 aliphatic rings. The Balaban J connectivity index is 1.44. The number of fused-ring (bicyclic) bond motifs is 2. The van der Waals surface area contributed by atoms with E-state index in [2.05, 4.69) is 10.3 Å². The number of aromatic nitrogens is 4. The minimum absolute atomic E-state index is 0.178. The van der Waals surface area contributed by atoms with Gasteiger partial charge in [0.1, 0.15) is 9.71 Å². The number of benzene rings is 1. The van der Waals surface area contributed by atoms with Gasteiger partial charge in [0.2, 0.25) is 0 Å². The number of hydrogen-bond acceptors (Lipinski definition) is 6. The lowest BCUT2D eigenvalue weighted by molar-refractivity contribution is 0.0954. The van der Waals surface area contributed by atoms with Gasteiger partial charge in [-0.1, -0.05) is 30.3 Å². The predicted molar refractivity (Wildman–Crippen MR) is 120 cm³/mol. The molecule has 1 N–H and O–H groups in total. The van der Waals surface area contributed by atoms with Crippen molar-refractivity contribution in [1.29, 1.82) is 0 Å². The molecule has 1 amide bonds. The van der Waals surface area contributed by atoms with Crippen molar-refractivity contribution in [2.75, 3.05) is 0 Å². The second-order valence-corrected chi connectivity index (χ2v) is 8.97. The summed E-state index contributed by atoms with van der Waals surface area (Å²) in [5.74, 6) is -0.314. The maximum Gasteiger partial charge on any atom is 0.336 e. The maximum atomic E-state index is 13.0. The molecule has 4 heterocycles. The van der Waals surface area contributed by atoms with Gasteiger partial charge >= 0.3 is 5.69 Å². The molecule has 10 heteroatoms. The number of aryl methyl sites for hydroxylation is 1. The van der Waals surface area contributed by atoms with Crippen LogP contribution in [0.4, 0.5) is 0 Å². The van der Waals surface area contributed by atoms with Crippen LogP contribution in [0.15, 0.2) is 63.9 Å². The van der Waals surface area contributed by atoms with Crippen LogP contribution in [0.5, 0.6) is 0 Å². The van der Waals surface area contributed by atoms with E-state index in [9.17, 15) is 14.4 Å². The lowest BCUT2D eigenvalue weighted by Gasteiger charge is -2.07. The number of imidazole rings is 1. The minimum atomic E-state index is -0.459. The molecule has 0 spiro atoms. The number of thiazole rings is 2. The van der Waals surface area contributed by atoms with Gasteiger partial charge in [-0.15, -0.1) is 22.7 Å². The largest absolute Gasteiger partial charge is 0.346 e. The van der Waals surface area contributed by atoms with E-state index in [0.717, 1.165) is 27.6 Å². The first kappa shape index (κ1) is 19.5. The fourth-order valence-corrected chi connectivity index (χ4v) is 5.12. The normalized spacial score (nSPS) is 11.4. The van der Waals surface area contributed by atoms with Crippen LogP contribution in [0.3, 0.4) is 0 Å². The predicted octanol–water partition coefficient (Wildman–Crippen LogP) is 2.52. The van der Waals surface area contributed by atoms with Gasteiger partial charge in [0, 0.05) is 29.5 Å². The van der Waals surface area contributed by atoms with Gasteiger partial charge in [0.15, 0.2) is 4.96 Å². The van der Waals surface area contributed by atoms with E-state index >= 15 is 0 Å². The molecule has 0 aliphatic heterocycles. The zero-order valence-corrected chi connectivity index (χ0v) is 18.1. The highest BCUT2D eigenvalue weighted by Crippen LogP contribution is 2.18. The molecule has 8 nitrogen and oxygen atoms in total. The van der Waals surface area contributed by atoms with Crippen molar-refractivity contribution in [3.8, 4) is 0 Å². The summed E-state index contributed by atoms with van der Waals surface area (Å²) < 4.78 is 4.48. The summed E-state index contributed by atoms with van der Waals surface area (Å²) in [6, 6.07) is 9.33. The maximum absolute atomic E-state index is 13.0. The molecule has 31 heavy (non-hydrogen) atoms. The average molecular weight is 452 g/mol. The van der Waals surface area contributed by atoms with E-state index in [0.29, 0.717) is 15.3 Å². The summed E-state index contributed by atoms with van der Waals surface area (Å²) in [6.45, 7) is 2.13. The molecule has 0 aliphatic carbocycles. The first-order valence-corrected chi connectivity index (χ1v) is 11.2. The number of rotatable bonds is 5. The Morgan fingerprint density at radius 2 is 1.97 bits per heavy atom. The summed E-state index contributed by atoms with van der Waals surface area (Å²) in [6.07, 6.45) is 5.27. The van der Waals surface area contributed by atoms with Gasteiger partial charge in [0.25, 0.3) is 11.5 Å². The second kappa shape index (κ2) is 7.64. The average Bonchev–Trinajstić information content (AvgIpc) is 3.49. The highest BCUT2D eigenvalue weighted by molar-refractivity contribution is 7.19. The fourth-order valence-electron chi connectivity index (χ4n) is 3.40. The lowest BCUT2D eigenvalue weighted by Crippen LogP contribution is -2.38. The number of nitrogens with one attached hydrogen (secondary N) is 1. The minimum Gasteiger partial charge on any atom is -0.346 e. The van der Waals surface area contributed by atoms with E-state index < -0.39 is 5.69 Å². The van der Waals surface area contributed by atoms with Crippen LogP contribution in [-0.4, -0.2) is 24.3 Å². The van der Waals surface area contributed by atoms with E-state index in [-0.39, 0.29) is 24.6 Å². The van der Waals surface area contributed by atoms with E-state index in [1.165, 1.54) is 26.5 Å². The van der Waals surface area contributed by atoms with Crippen LogP contribution in [0.25, 0.3) is 9.79 Å². The Hall–Kier alpha value is -3.50. The molecule has 4 aromatic heterocycles. The molecule has 0 unspecified atom stereocenters. The van der Waals surface area contributed by atoms with Crippen LogP contribution in [0.1, 0.15) is 26.5 Å². The zero-order chi connectivity index (χ0) is 21.5. The first-order chi connectivity index (χ1) is 15.0. The van der Waals surface area contributed by atoms with Crippen molar-refractivity contribution in [3.63, 3.8) is 0 Å². The SMILES string of the molecule is Cc1c(=O)n(Cc2ccccc2)c(=O)n2cc(C(=O)NCc3cn4ccsc4n3)sc12. The Bertz CT molecular complexity index is 1510. The lowest BCUT2D eigenvalue weighted by atomic mass is 10.2. The quantitative estimate of drug-likeness (QED) is 0.445. The van der Waals surface area contributed by atoms with Crippen LogP contribution < -0.4 is 16.6 Å². The third kappa shape index (κ3) is 3.49. The van der Waals surface area contributed by atoms with Gasteiger partial charge < -0.3 is 5.32 Å². The second-order valence-electron chi connectivity index (χ2n) is 7.06. The standard InChI is InChI=1S/C21H17N5O3S2/c1-13-18(28)25(10-14-5-3-2-4-6-14)21(29)26-12-16(31-19(13)26)17(27)22-9-15-11-24-7-8-30-20(24)23-15/h2-8,11-12H,9-10H2,1H3,(H,22,27). The van der Waals surface area contributed by atoms with Gasteiger partial charge in [-0.3, -0.25) is 23.0 Å². The molecule has 1 aromatic carbocycles. The fraction of sp³-hybridized carbons (Fsp3) is 0.143.